The summed E-state index contributed by atoms with van der Waals surface area (Å²) in [4.78, 5) is 16.4. The molecule has 4 rings (SSSR count). The summed E-state index contributed by atoms with van der Waals surface area (Å²) in [7, 11) is -0.736. The van der Waals surface area contributed by atoms with E-state index in [9.17, 15) is 13.2 Å². The van der Waals surface area contributed by atoms with Crippen molar-refractivity contribution in [1.82, 2.24) is 4.31 Å². The van der Waals surface area contributed by atoms with E-state index in [4.69, 9.17) is 11.0 Å². The SMILES string of the molecule is [C-]#[N+]c1cccc(-c2ccc3c(C)c(Cc4cccc(NS(=O)(=O)N(C)C)c4)c(=O)oc3c2)c1. The van der Waals surface area contributed by atoms with E-state index < -0.39 is 15.8 Å². The van der Waals surface area contributed by atoms with Crippen molar-refractivity contribution in [3.63, 3.8) is 0 Å². The van der Waals surface area contributed by atoms with E-state index in [0.29, 0.717) is 28.9 Å². The Balaban J connectivity index is 1.69. The highest BCUT2D eigenvalue weighted by atomic mass is 32.2. The number of nitrogens with one attached hydrogen (secondary N) is 1. The van der Waals surface area contributed by atoms with Gasteiger partial charge >= 0.3 is 15.8 Å². The molecular weight excluding hydrogens is 450 g/mol. The van der Waals surface area contributed by atoms with Crippen LogP contribution < -0.4 is 10.3 Å². The molecule has 172 valence electrons. The molecule has 0 unspecified atom stereocenters. The van der Waals surface area contributed by atoms with Gasteiger partial charge in [-0.25, -0.2) is 9.64 Å². The lowest BCUT2D eigenvalue weighted by molar-refractivity contribution is 0.527. The molecular formula is C26H23N3O4S. The molecule has 0 amide bonds. The highest BCUT2D eigenvalue weighted by Gasteiger charge is 2.15. The highest BCUT2D eigenvalue weighted by Crippen LogP contribution is 2.29. The first-order chi connectivity index (χ1) is 16.2. The second kappa shape index (κ2) is 9.14. The van der Waals surface area contributed by atoms with Crippen LogP contribution in [0.5, 0.6) is 0 Å². The van der Waals surface area contributed by atoms with Crippen molar-refractivity contribution in [2.24, 2.45) is 0 Å². The van der Waals surface area contributed by atoms with E-state index in [0.717, 1.165) is 31.9 Å². The molecule has 0 saturated carbocycles. The van der Waals surface area contributed by atoms with Gasteiger partial charge in [0.15, 0.2) is 5.69 Å². The maximum absolute atomic E-state index is 12.9. The molecule has 4 aromatic rings. The molecule has 8 heteroatoms. The van der Waals surface area contributed by atoms with Crippen LogP contribution in [0.4, 0.5) is 11.4 Å². The summed E-state index contributed by atoms with van der Waals surface area (Å²) in [6.07, 6.45) is 0.302. The van der Waals surface area contributed by atoms with Gasteiger partial charge in [-0.2, -0.15) is 12.7 Å². The minimum absolute atomic E-state index is 0.302. The van der Waals surface area contributed by atoms with Crippen molar-refractivity contribution >= 4 is 32.6 Å². The maximum atomic E-state index is 12.9. The average Bonchev–Trinajstić information content (AvgIpc) is 2.81. The topological polar surface area (TPSA) is 84.0 Å². The Morgan fingerprint density at radius 1 is 1.00 bits per heavy atom. The molecule has 1 aromatic heterocycles. The zero-order chi connectivity index (χ0) is 24.5. The van der Waals surface area contributed by atoms with Crippen LogP contribution in [0.3, 0.4) is 0 Å². The molecule has 1 heterocycles. The molecule has 0 fully saturated rings. The van der Waals surface area contributed by atoms with E-state index in [-0.39, 0.29) is 0 Å². The van der Waals surface area contributed by atoms with Crippen LogP contribution >= 0.6 is 0 Å². The van der Waals surface area contributed by atoms with Crippen molar-refractivity contribution in [2.75, 3.05) is 18.8 Å². The van der Waals surface area contributed by atoms with Crippen LogP contribution in [0.2, 0.25) is 0 Å². The number of hydrogen-bond donors (Lipinski definition) is 1. The third-order valence-corrected chi connectivity index (χ3v) is 7.09. The first kappa shape index (κ1) is 23.2. The minimum atomic E-state index is -3.63. The maximum Gasteiger partial charge on any atom is 0.340 e. The van der Waals surface area contributed by atoms with Gasteiger partial charge in [-0.1, -0.05) is 42.5 Å². The number of benzene rings is 3. The quantitative estimate of drug-likeness (QED) is 0.311. The van der Waals surface area contributed by atoms with E-state index in [1.807, 2.05) is 43.3 Å². The Morgan fingerprint density at radius 3 is 2.47 bits per heavy atom. The van der Waals surface area contributed by atoms with E-state index in [1.165, 1.54) is 14.1 Å². The van der Waals surface area contributed by atoms with Gasteiger partial charge in [0.05, 0.1) is 12.3 Å². The molecule has 0 atom stereocenters. The highest BCUT2D eigenvalue weighted by molar-refractivity contribution is 7.90. The molecule has 0 aliphatic carbocycles. The second-order valence-electron chi connectivity index (χ2n) is 8.13. The largest absolute Gasteiger partial charge is 0.422 e. The van der Waals surface area contributed by atoms with Gasteiger partial charge in [-0.3, -0.25) is 4.72 Å². The zero-order valence-electron chi connectivity index (χ0n) is 19.0. The van der Waals surface area contributed by atoms with E-state index in [2.05, 4.69) is 9.57 Å². The van der Waals surface area contributed by atoms with Gasteiger partial charge in [-0.15, -0.1) is 0 Å². The first-order valence-corrected chi connectivity index (χ1v) is 12.0. The Kier molecular flexibility index (Phi) is 6.24. The van der Waals surface area contributed by atoms with Gasteiger partial charge in [0.2, 0.25) is 0 Å². The molecule has 0 saturated heterocycles. The number of nitrogens with zero attached hydrogens (tertiary/aromatic N) is 2. The zero-order valence-corrected chi connectivity index (χ0v) is 19.8. The summed E-state index contributed by atoms with van der Waals surface area (Å²) in [5, 5.41) is 0.823. The molecule has 1 N–H and O–H groups in total. The van der Waals surface area contributed by atoms with Crippen LogP contribution in [-0.4, -0.2) is 26.8 Å². The van der Waals surface area contributed by atoms with Crippen LogP contribution in [-0.2, 0) is 16.6 Å². The van der Waals surface area contributed by atoms with Crippen LogP contribution in [0.25, 0.3) is 26.9 Å². The number of anilines is 1. The lowest BCUT2D eigenvalue weighted by atomic mass is 9.97. The molecule has 0 spiro atoms. The predicted octanol–water partition coefficient (Wildman–Crippen LogP) is 5.13. The second-order valence-corrected chi connectivity index (χ2v) is 10.0. The molecule has 0 radical (unpaired) electrons. The predicted molar refractivity (Wildman–Crippen MR) is 134 cm³/mol. The fourth-order valence-corrected chi connectivity index (χ4v) is 4.33. The summed E-state index contributed by atoms with van der Waals surface area (Å²) in [6, 6.07) is 19.9. The third kappa shape index (κ3) is 4.71. The molecule has 0 bridgehead atoms. The smallest absolute Gasteiger partial charge is 0.340 e. The van der Waals surface area contributed by atoms with Crippen molar-refractivity contribution < 1.29 is 12.8 Å². The Labute approximate surface area is 198 Å². The third-order valence-electron chi connectivity index (χ3n) is 5.63. The fourth-order valence-electron chi connectivity index (χ4n) is 3.72. The van der Waals surface area contributed by atoms with Crippen molar-refractivity contribution in [2.45, 2.75) is 13.3 Å². The summed E-state index contributed by atoms with van der Waals surface area (Å²) in [5.74, 6) is 0. The molecule has 0 aliphatic rings. The summed E-state index contributed by atoms with van der Waals surface area (Å²) < 4.78 is 33.5. The summed E-state index contributed by atoms with van der Waals surface area (Å²) in [6.45, 7) is 9.09. The fraction of sp³-hybridized carbons (Fsp3) is 0.154. The van der Waals surface area contributed by atoms with Gasteiger partial charge in [0, 0.05) is 31.5 Å². The summed E-state index contributed by atoms with van der Waals surface area (Å²) >= 11 is 0. The number of hydrogen-bond acceptors (Lipinski definition) is 4. The first-order valence-electron chi connectivity index (χ1n) is 10.5. The van der Waals surface area contributed by atoms with Gasteiger partial charge in [0.1, 0.15) is 5.58 Å². The molecule has 7 nitrogen and oxygen atoms in total. The minimum Gasteiger partial charge on any atom is -0.422 e. The van der Waals surface area contributed by atoms with Crippen LogP contribution in [0, 0.1) is 13.5 Å². The van der Waals surface area contributed by atoms with Crippen molar-refractivity contribution in [3.05, 3.63) is 105 Å². The van der Waals surface area contributed by atoms with Gasteiger partial charge in [0.25, 0.3) is 0 Å². The summed E-state index contributed by atoms with van der Waals surface area (Å²) in [5.41, 5.74) is 4.84. The molecule has 0 aliphatic heterocycles. The van der Waals surface area contributed by atoms with Crippen molar-refractivity contribution in [1.29, 1.82) is 0 Å². The van der Waals surface area contributed by atoms with Gasteiger partial charge < -0.3 is 4.42 Å². The Hall–Kier alpha value is -3.93. The molecule has 3 aromatic carbocycles. The lowest BCUT2D eigenvalue weighted by Crippen LogP contribution is -2.28. The normalized spacial score (nSPS) is 11.5. The Morgan fingerprint density at radius 2 is 1.74 bits per heavy atom. The lowest BCUT2D eigenvalue weighted by Gasteiger charge is -2.14. The van der Waals surface area contributed by atoms with Crippen LogP contribution in [0.1, 0.15) is 16.7 Å². The van der Waals surface area contributed by atoms with E-state index >= 15 is 0 Å². The Bertz CT molecular complexity index is 1600. The molecule has 34 heavy (non-hydrogen) atoms. The standard InChI is InChI=1S/C26H23N3O4S/c1-17-23-12-11-20(19-8-6-9-21(15-19)27-2)16-25(23)33-26(30)24(17)14-18-7-5-10-22(13-18)28-34(31,32)29(3)4/h5-13,15-16,28H,14H2,1,3-4H3. The van der Waals surface area contributed by atoms with Crippen LogP contribution in [0.15, 0.2) is 75.9 Å². The average molecular weight is 474 g/mol. The van der Waals surface area contributed by atoms with Crippen molar-refractivity contribution in [3.8, 4) is 11.1 Å². The number of aryl methyl sites for hydroxylation is 1. The number of fused-ring (bicyclic) bond motifs is 1. The number of rotatable bonds is 6. The monoisotopic (exact) mass is 473 g/mol. The van der Waals surface area contributed by atoms with E-state index in [1.54, 1.807) is 30.3 Å². The van der Waals surface area contributed by atoms with Gasteiger partial charge in [-0.05, 0) is 53.4 Å².